The van der Waals surface area contributed by atoms with Crippen molar-refractivity contribution in [2.24, 2.45) is 0 Å². The lowest BCUT2D eigenvalue weighted by Crippen LogP contribution is -2.31. The molecule has 3 rings (SSSR count). The zero-order valence-corrected chi connectivity index (χ0v) is 18.0. The Bertz CT molecular complexity index is 967. The molecule has 0 aromatic heterocycles. The molecule has 0 saturated carbocycles. The molecule has 152 valence electrons. The zero-order chi connectivity index (χ0) is 20.5. The smallest absolute Gasteiger partial charge is 0.241 e. The van der Waals surface area contributed by atoms with Crippen LogP contribution in [-0.2, 0) is 16.4 Å². The highest BCUT2D eigenvalue weighted by Gasteiger charge is 2.28. The summed E-state index contributed by atoms with van der Waals surface area (Å²) in [4.78, 5) is 0.317. The standard InChI is InChI=1S/C22H29NO4S/c1-14(2)19-13-22(15(3)11-21(19)27-5)28(24,25)23-20-8-6-7-16-12-17(26-4)9-10-18(16)20/h9-14,20,23H,6-8H2,1-5H3. The van der Waals surface area contributed by atoms with Gasteiger partial charge in [0.1, 0.15) is 11.5 Å². The van der Waals surface area contributed by atoms with E-state index in [1.807, 2.05) is 38.1 Å². The van der Waals surface area contributed by atoms with Crippen LogP contribution in [-0.4, -0.2) is 22.6 Å². The van der Waals surface area contributed by atoms with Gasteiger partial charge in [-0.1, -0.05) is 19.9 Å². The first-order valence-corrected chi connectivity index (χ1v) is 11.1. The van der Waals surface area contributed by atoms with Crippen molar-refractivity contribution in [3.8, 4) is 11.5 Å². The maximum absolute atomic E-state index is 13.3. The molecule has 2 aromatic carbocycles. The van der Waals surface area contributed by atoms with Crippen molar-refractivity contribution >= 4 is 10.0 Å². The molecule has 0 saturated heterocycles. The third-order valence-corrected chi connectivity index (χ3v) is 7.01. The van der Waals surface area contributed by atoms with E-state index >= 15 is 0 Å². The predicted molar refractivity (Wildman–Crippen MR) is 111 cm³/mol. The maximum Gasteiger partial charge on any atom is 0.241 e. The Labute approximate surface area is 168 Å². The van der Waals surface area contributed by atoms with Crippen LogP contribution in [0.25, 0.3) is 0 Å². The van der Waals surface area contributed by atoms with Crippen LogP contribution in [0.2, 0.25) is 0 Å². The molecule has 1 aliphatic rings. The van der Waals surface area contributed by atoms with E-state index in [1.54, 1.807) is 27.2 Å². The summed E-state index contributed by atoms with van der Waals surface area (Å²) >= 11 is 0. The highest BCUT2D eigenvalue weighted by atomic mass is 32.2. The Kier molecular flexibility index (Phi) is 6.01. The number of sulfonamides is 1. The third kappa shape index (κ3) is 4.03. The van der Waals surface area contributed by atoms with Crippen LogP contribution >= 0.6 is 0 Å². The van der Waals surface area contributed by atoms with Gasteiger partial charge in [-0.3, -0.25) is 0 Å². The van der Waals surface area contributed by atoms with E-state index in [-0.39, 0.29) is 12.0 Å². The fraction of sp³-hybridized carbons (Fsp3) is 0.455. The first kappa shape index (κ1) is 20.7. The Hall–Kier alpha value is -2.05. The molecule has 1 atom stereocenters. The van der Waals surface area contributed by atoms with Gasteiger partial charge in [-0.25, -0.2) is 13.1 Å². The SMILES string of the molecule is COc1ccc2c(c1)CCCC2NS(=O)(=O)c1cc(C(C)C)c(OC)cc1C. The van der Waals surface area contributed by atoms with Crippen LogP contribution in [0.5, 0.6) is 11.5 Å². The quantitative estimate of drug-likeness (QED) is 0.772. The van der Waals surface area contributed by atoms with Crippen molar-refractivity contribution in [3.63, 3.8) is 0 Å². The third-order valence-electron chi connectivity index (χ3n) is 5.40. The van der Waals surface area contributed by atoms with Gasteiger partial charge >= 0.3 is 0 Å². The summed E-state index contributed by atoms with van der Waals surface area (Å²) in [5.74, 6) is 1.68. The minimum absolute atomic E-state index is 0.160. The van der Waals surface area contributed by atoms with Crippen molar-refractivity contribution in [2.75, 3.05) is 14.2 Å². The van der Waals surface area contributed by atoms with Gasteiger partial charge < -0.3 is 9.47 Å². The van der Waals surface area contributed by atoms with Gasteiger partial charge in [0, 0.05) is 6.04 Å². The number of ether oxygens (including phenoxy) is 2. The molecule has 1 aliphatic carbocycles. The first-order valence-electron chi connectivity index (χ1n) is 9.64. The summed E-state index contributed by atoms with van der Waals surface area (Å²) < 4.78 is 40.2. The molecular formula is C22H29NO4S. The van der Waals surface area contributed by atoms with Gasteiger partial charge in [-0.2, -0.15) is 0 Å². The number of methoxy groups -OCH3 is 2. The molecule has 1 N–H and O–H groups in total. The molecule has 0 fully saturated rings. The second-order valence-corrected chi connectivity index (χ2v) is 9.33. The zero-order valence-electron chi connectivity index (χ0n) is 17.2. The largest absolute Gasteiger partial charge is 0.497 e. The van der Waals surface area contributed by atoms with Crippen molar-refractivity contribution in [2.45, 2.75) is 56.9 Å². The average Bonchev–Trinajstić information content (AvgIpc) is 2.66. The molecule has 5 nitrogen and oxygen atoms in total. The van der Waals surface area contributed by atoms with Gasteiger partial charge in [-0.05, 0) is 78.6 Å². The molecule has 0 bridgehead atoms. The fourth-order valence-electron chi connectivity index (χ4n) is 3.89. The van der Waals surface area contributed by atoms with Crippen LogP contribution in [0.3, 0.4) is 0 Å². The van der Waals surface area contributed by atoms with Crippen LogP contribution in [0.15, 0.2) is 35.2 Å². The second-order valence-electron chi connectivity index (χ2n) is 7.65. The molecule has 0 aliphatic heterocycles. The molecule has 6 heteroatoms. The Morgan fingerprint density at radius 3 is 2.50 bits per heavy atom. The van der Waals surface area contributed by atoms with Gasteiger partial charge in [0.25, 0.3) is 0 Å². The monoisotopic (exact) mass is 403 g/mol. The van der Waals surface area contributed by atoms with E-state index < -0.39 is 10.0 Å². The normalized spacial score (nSPS) is 16.7. The van der Waals surface area contributed by atoms with E-state index in [0.717, 1.165) is 47.5 Å². The Morgan fingerprint density at radius 1 is 1.11 bits per heavy atom. The van der Waals surface area contributed by atoms with Gasteiger partial charge in [0.15, 0.2) is 0 Å². The van der Waals surface area contributed by atoms with Gasteiger partial charge in [0.05, 0.1) is 19.1 Å². The lowest BCUT2D eigenvalue weighted by atomic mass is 9.88. The topological polar surface area (TPSA) is 64.6 Å². The highest BCUT2D eigenvalue weighted by molar-refractivity contribution is 7.89. The summed E-state index contributed by atoms with van der Waals surface area (Å²) in [5.41, 5.74) is 3.75. The molecule has 0 radical (unpaired) electrons. The number of rotatable bonds is 6. The minimum atomic E-state index is -3.67. The van der Waals surface area contributed by atoms with Crippen molar-refractivity contribution in [3.05, 3.63) is 52.6 Å². The number of hydrogen-bond acceptors (Lipinski definition) is 4. The van der Waals surface area contributed by atoms with E-state index in [4.69, 9.17) is 9.47 Å². The average molecular weight is 404 g/mol. The summed E-state index contributed by atoms with van der Waals surface area (Å²) in [6.45, 7) is 5.87. The van der Waals surface area contributed by atoms with Crippen molar-refractivity contribution in [1.82, 2.24) is 4.72 Å². The molecule has 0 spiro atoms. The van der Waals surface area contributed by atoms with Crippen LogP contribution in [0, 0.1) is 6.92 Å². The molecular weight excluding hydrogens is 374 g/mol. The number of fused-ring (bicyclic) bond motifs is 1. The first-order chi connectivity index (χ1) is 13.3. The maximum atomic E-state index is 13.3. The van der Waals surface area contributed by atoms with E-state index in [9.17, 15) is 8.42 Å². The molecule has 2 aromatic rings. The second kappa shape index (κ2) is 8.13. The van der Waals surface area contributed by atoms with Crippen LogP contribution < -0.4 is 14.2 Å². The predicted octanol–water partition coefficient (Wildman–Crippen LogP) is 4.49. The fourth-order valence-corrected chi connectivity index (χ4v) is 5.40. The van der Waals surface area contributed by atoms with E-state index in [0.29, 0.717) is 10.5 Å². The summed E-state index contributed by atoms with van der Waals surface area (Å²) in [6.07, 6.45) is 2.65. The number of nitrogens with one attached hydrogen (secondary N) is 1. The number of hydrogen-bond donors (Lipinski definition) is 1. The molecule has 0 heterocycles. The minimum Gasteiger partial charge on any atom is -0.497 e. The van der Waals surface area contributed by atoms with Crippen LogP contribution in [0.4, 0.5) is 0 Å². The molecule has 28 heavy (non-hydrogen) atoms. The Morgan fingerprint density at radius 2 is 1.86 bits per heavy atom. The summed E-state index contributed by atoms with van der Waals surface area (Å²) in [7, 11) is -0.413. The highest BCUT2D eigenvalue weighted by Crippen LogP contribution is 2.35. The van der Waals surface area contributed by atoms with Gasteiger partial charge in [-0.15, -0.1) is 0 Å². The van der Waals surface area contributed by atoms with E-state index in [1.165, 1.54) is 0 Å². The summed E-state index contributed by atoms with van der Waals surface area (Å²) in [6, 6.07) is 9.19. The van der Waals surface area contributed by atoms with Crippen LogP contribution in [0.1, 0.15) is 60.9 Å². The van der Waals surface area contributed by atoms with Gasteiger partial charge in [0.2, 0.25) is 10.0 Å². The lowest BCUT2D eigenvalue weighted by molar-refractivity contribution is 0.406. The lowest BCUT2D eigenvalue weighted by Gasteiger charge is -2.27. The number of benzene rings is 2. The molecule has 1 unspecified atom stereocenters. The molecule has 0 amide bonds. The number of aryl methyl sites for hydroxylation is 2. The summed E-state index contributed by atoms with van der Waals surface area (Å²) in [5, 5.41) is 0. The van der Waals surface area contributed by atoms with Crippen molar-refractivity contribution < 1.29 is 17.9 Å². The van der Waals surface area contributed by atoms with Crippen molar-refractivity contribution in [1.29, 1.82) is 0 Å². The van der Waals surface area contributed by atoms with E-state index in [2.05, 4.69) is 4.72 Å². The Balaban J connectivity index is 1.97.